The number of anilines is 1. The number of carbonyl (C=O) groups excluding carboxylic acids is 1. The first kappa shape index (κ1) is 23.8. The number of aryl methyl sites for hydroxylation is 1. The Morgan fingerprint density at radius 2 is 2.11 bits per heavy atom. The lowest BCUT2D eigenvalue weighted by molar-refractivity contribution is 0.0997. The van der Waals surface area contributed by atoms with Crippen LogP contribution in [0.15, 0.2) is 82.2 Å². The average Bonchev–Trinajstić information content (AvgIpc) is 3.69. The molecule has 0 aliphatic rings. The highest BCUT2D eigenvalue weighted by atomic mass is 32.1. The summed E-state index contributed by atoms with van der Waals surface area (Å²) >= 11 is 2.72. The molecule has 0 spiro atoms. The minimum atomic E-state index is -0.404. The van der Waals surface area contributed by atoms with E-state index in [1.807, 2.05) is 30.5 Å². The lowest BCUT2D eigenvalue weighted by Crippen LogP contribution is -2.26. The highest BCUT2D eigenvalue weighted by Crippen LogP contribution is 2.39. The van der Waals surface area contributed by atoms with Gasteiger partial charge < -0.3 is 14.3 Å². The molecule has 0 aromatic carbocycles. The van der Waals surface area contributed by atoms with Crippen LogP contribution in [0.1, 0.15) is 16.1 Å². The molecular weight excluding hydrogens is 520 g/mol. The first-order chi connectivity index (χ1) is 18.4. The zero-order chi connectivity index (χ0) is 26.4. The third-order valence-electron chi connectivity index (χ3n) is 5.95. The van der Waals surface area contributed by atoms with E-state index in [0.29, 0.717) is 37.9 Å². The average molecular weight is 541 g/mol. The first-order valence-corrected chi connectivity index (χ1v) is 13.3. The minimum Gasteiger partial charge on any atom is -0.459 e. The van der Waals surface area contributed by atoms with Gasteiger partial charge in [0.25, 0.3) is 11.5 Å². The molecule has 0 unspecified atom stereocenters. The number of furan rings is 1. The van der Waals surface area contributed by atoms with E-state index < -0.39 is 5.91 Å². The molecule has 6 aromatic heterocycles. The van der Waals surface area contributed by atoms with Crippen LogP contribution in [0.4, 0.5) is 5.00 Å². The van der Waals surface area contributed by atoms with E-state index >= 15 is 0 Å². The van der Waals surface area contributed by atoms with Crippen LogP contribution in [-0.2, 0) is 6.54 Å². The Balaban J connectivity index is 1.59. The second kappa shape index (κ2) is 9.36. The number of nitrogens with zero attached hydrogens (tertiary/aromatic N) is 4. The highest BCUT2D eigenvalue weighted by molar-refractivity contribution is 7.20. The summed E-state index contributed by atoms with van der Waals surface area (Å²) in [5.74, 6) is -0.229. The maximum atomic E-state index is 13.6. The van der Waals surface area contributed by atoms with E-state index in [9.17, 15) is 9.59 Å². The van der Waals surface area contributed by atoms with Crippen molar-refractivity contribution in [3.63, 3.8) is 0 Å². The van der Waals surface area contributed by atoms with Gasteiger partial charge in [-0.25, -0.2) is 9.97 Å². The second-order valence-electron chi connectivity index (χ2n) is 8.50. The van der Waals surface area contributed by atoms with Gasteiger partial charge in [-0.3, -0.25) is 19.4 Å². The Bertz CT molecular complexity index is 1960. The van der Waals surface area contributed by atoms with Gasteiger partial charge in [-0.05, 0) is 48.2 Å². The van der Waals surface area contributed by atoms with E-state index in [0.717, 1.165) is 10.4 Å². The molecule has 2 N–H and O–H groups in total. The number of thiophene rings is 1. The molecule has 0 aliphatic carbocycles. The van der Waals surface area contributed by atoms with Crippen molar-refractivity contribution in [1.29, 1.82) is 5.41 Å². The van der Waals surface area contributed by atoms with Crippen LogP contribution in [-0.4, -0.2) is 24.8 Å². The summed E-state index contributed by atoms with van der Waals surface area (Å²) in [6.07, 6.45) is 4.84. The molecule has 1 amide bonds. The Morgan fingerprint density at radius 1 is 1.24 bits per heavy atom. The molecule has 0 saturated carbocycles. The fourth-order valence-electron chi connectivity index (χ4n) is 4.19. The normalized spacial score (nSPS) is 11.3. The van der Waals surface area contributed by atoms with E-state index in [1.54, 1.807) is 41.1 Å². The fraction of sp³-hybridized carbons (Fsp3) is 0.0741. The van der Waals surface area contributed by atoms with E-state index in [-0.39, 0.29) is 23.4 Å². The number of fused-ring (bicyclic) bond motifs is 2. The number of amides is 1. The summed E-state index contributed by atoms with van der Waals surface area (Å²) in [7, 11) is 0. The van der Waals surface area contributed by atoms with Crippen LogP contribution >= 0.6 is 22.7 Å². The number of rotatable bonds is 6. The minimum absolute atomic E-state index is 0.135. The van der Waals surface area contributed by atoms with Crippen molar-refractivity contribution in [2.45, 2.75) is 13.5 Å². The van der Waals surface area contributed by atoms with Crippen molar-refractivity contribution in [1.82, 2.24) is 18.9 Å². The van der Waals surface area contributed by atoms with Crippen LogP contribution in [0.5, 0.6) is 0 Å². The summed E-state index contributed by atoms with van der Waals surface area (Å²) in [6, 6.07) is 12.4. The molecule has 0 saturated heterocycles. The number of pyridine rings is 2. The second-order valence-corrected chi connectivity index (χ2v) is 10.4. The summed E-state index contributed by atoms with van der Waals surface area (Å²) < 4.78 is 8.40. The topological polar surface area (TPSA) is 118 Å². The predicted octanol–water partition coefficient (Wildman–Crippen LogP) is 5.32. The molecule has 38 heavy (non-hydrogen) atoms. The predicted molar refractivity (Wildman–Crippen MR) is 149 cm³/mol. The molecule has 9 nitrogen and oxygen atoms in total. The Kier molecular flexibility index (Phi) is 5.86. The van der Waals surface area contributed by atoms with Crippen LogP contribution in [0.2, 0.25) is 0 Å². The summed E-state index contributed by atoms with van der Waals surface area (Å²) in [5.41, 5.74) is 2.75. The molecule has 0 bridgehead atoms. The standard InChI is InChI=1S/C27H20N6O3S2/c1-3-10-32-22(28)16(13-17-23(32)29-20-9-8-15(2)14-33(20)27(17)35)25-30-21(19-7-5-12-37-19)26(38-25)31-24(34)18-6-4-11-36-18/h3-9,11-14,28H,1,10H2,2H3,(H,31,34). The lowest BCUT2D eigenvalue weighted by Gasteiger charge is -2.12. The van der Waals surface area contributed by atoms with Gasteiger partial charge in [-0.15, -0.1) is 17.9 Å². The van der Waals surface area contributed by atoms with Gasteiger partial charge >= 0.3 is 0 Å². The molecule has 0 radical (unpaired) electrons. The Labute approximate surface area is 223 Å². The fourth-order valence-corrected chi connectivity index (χ4v) is 5.96. The molecule has 188 valence electrons. The van der Waals surface area contributed by atoms with Crippen LogP contribution in [0.3, 0.4) is 0 Å². The third kappa shape index (κ3) is 3.98. The van der Waals surface area contributed by atoms with E-state index in [2.05, 4.69) is 11.9 Å². The molecule has 0 atom stereocenters. The monoisotopic (exact) mass is 540 g/mol. The smallest absolute Gasteiger partial charge is 0.292 e. The maximum Gasteiger partial charge on any atom is 0.292 e. The molecular formula is C27H20N6O3S2. The van der Waals surface area contributed by atoms with Crippen molar-refractivity contribution in [2.75, 3.05) is 5.32 Å². The quantitative estimate of drug-likeness (QED) is 0.219. The SMILES string of the molecule is C=CCn1c(=N)c(-c2nc(-c3cccs3)c(NC(=O)c3ccco3)s2)cc2c(=O)n3cc(C)ccc3nc21. The maximum absolute atomic E-state index is 13.6. The summed E-state index contributed by atoms with van der Waals surface area (Å²) in [5, 5.41) is 15.2. The van der Waals surface area contributed by atoms with Crippen LogP contribution in [0, 0.1) is 12.3 Å². The third-order valence-corrected chi connectivity index (χ3v) is 7.83. The van der Waals surface area contributed by atoms with Crippen molar-refractivity contribution in [3.05, 3.63) is 100 Å². The van der Waals surface area contributed by atoms with Gasteiger partial charge in [-0.1, -0.05) is 29.5 Å². The van der Waals surface area contributed by atoms with Gasteiger partial charge in [0.15, 0.2) is 5.76 Å². The Hall–Kier alpha value is -4.61. The molecule has 6 heterocycles. The largest absolute Gasteiger partial charge is 0.459 e. The van der Waals surface area contributed by atoms with Gasteiger partial charge in [0.05, 0.1) is 22.1 Å². The zero-order valence-electron chi connectivity index (χ0n) is 20.1. The Morgan fingerprint density at radius 3 is 2.84 bits per heavy atom. The van der Waals surface area contributed by atoms with Crippen LogP contribution in [0.25, 0.3) is 37.8 Å². The van der Waals surface area contributed by atoms with Gasteiger partial charge in [0.2, 0.25) is 0 Å². The number of allylic oxidation sites excluding steroid dienone is 1. The molecule has 0 aliphatic heterocycles. The lowest BCUT2D eigenvalue weighted by atomic mass is 10.2. The zero-order valence-corrected chi connectivity index (χ0v) is 21.7. The van der Waals surface area contributed by atoms with Gasteiger partial charge in [0.1, 0.15) is 32.5 Å². The number of nitrogens with one attached hydrogen (secondary N) is 2. The van der Waals surface area contributed by atoms with Crippen LogP contribution < -0.4 is 16.4 Å². The van der Waals surface area contributed by atoms with Crippen molar-refractivity contribution in [2.24, 2.45) is 0 Å². The summed E-state index contributed by atoms with van der Waals surface area (Å²) in [6.45, 7) is 6.02. The van der Waals surface area contributed by atoms with Gasteiger partial charge in [0, 0.05) is 12.7 Å². The number of carbonyl (C=O) groups is 1. The molecule has 6 aromatic rings. The number of hydrogen-bond donors (Lipinski definition) is 2. The molecule has 11 heteroatoms. The molecule has 0 fully saturated rings. The number of hydrogen-bond acceptors (Lipinski definition) is 8. The highest BCUT2D eigenvalue weighted by Gasteiger charge is 2.22. The van der Waals surface area contributed by atoms with E-state index in [4.69, 9.17) is 19.8 Å². The number of thiazole rings is 1. The van der Waals surface area contributed by atoms with Crippen molar-refractivity contribution >= 4 is 50.3 Å². The first-order valence-electron chi connectivity index (χ1n) is 11.6. The van der Waals surface area contributed by atoms with Gasteiger partial charge in [-0.2, -0.15) is 0 Å². The van der Waals surface area contributed by atoms with E-state index in [1.165, 1.54) is 33.3 Å². The summed E-state index contributed by atoms with van der Waals surface area (Å²) in [4.78, 5) is 36.7. The number of aromatic nitrogens is 4. The molecule has 6 rings (SSSR count). The van der Waals surface area contributed by atoms with Crippen molar-refractivity contribution < 1.29 is 9.21 Å². The van der Waals surface area contributed by atoms with Crippen molar-refractivity contribution in [3.8, 4) is 21.1 Å².